The molecule has 66 valence electrons. The van der Waals surface area contributed by atoms with Crippen molar-refractivity contribution in [1.29, 1.82) is 0 Å². The van der Waals surface area contributed by atoms with E-state index in [-0.39, 0.29) is 12.2 Å². The topological polar surface area (TPSA) is 38.7 Å². The average molecular weight is 160 g/mol. The molecule has 1 aliphatic rings. The summed E-state index contributed by atoms with van der Waals surface area (Å²) in [6.45, 7) is 4.03. The van der Waals surface area contributed by atoms with Crippen molar-refractivity contribution < 1.29 is 14.6 Å². The normalized spacial score (nSPS) is 45.8. The van der Waals surface area contributed by atoms with Gasteiger partial charge < -0.3 is 14.6 Å². The van der Waals surface area contributed by atoms with E-state index in [2.05, 4.69) is 6.92 Å². The molecule has 0 radical (unpaired) electrons. The maximum absolute atomic E-state index is 9.20. The van der Waals surface area contributed by atoms with Gasteiger partial charge in [0.15, 0.2) is 6.29 Å². The lowest BCUT2D eigenvalue weighted by atomic mass is 9.93. The first-order chi connectivity index (χ1) is 5.15. The van der Waals surface area contributed by atoms with Gasteiger partial charge in [0.1, 0.15) is 0 Å². The molecule has 0 aromatic heterocycles. The van der Waals surface area contributed by atoms with Crippen molar-refractivity contribution in [3.8, 4) is 0 Å². The Kier molecular flexibility index (Phi) is 2.87. The summed E-state index contributed by atoms with van der Waals surface area (Å²) in [4.78, 5) is 0. The Morgan fingerprint density at radius 1 is 1.45 bits per heavy atom. The summed E-state index contributed by atoms with van der Waals surface area (Å²) in [6, 6.07) is 0. The van der Waals surface area contributed by atoms with E-state index in [0.29, 0.717) is 12.3 Å². The van der Waals surface area contributed by atoms with Crippen LogP contribution in [0.1, 0.15) is 20.3 Å². The molecule has 3 heteroatoms. The Morgan fingerprint density at radius 2 is 2.09 bits per heavy atom. The Morgan fingerprint density at radius 3 is 2.64 bits per heavy atom. The summed E-state index contributed by atoms with van der Waals surface area (Å²) in [5.74, 6) is 0.364. The van der Waals surface area contributed by atoms with E-state index in [1.165, 1.54) is 0 Å². The quantitative estimate of drug-likeness (QED) is 0.615. The number of hydrogen-bond donors (Lipinski definition) is 1. The largest absolute Gasteiger partial charge is 0.381 e. The van der Waals surface area contributed by atoms with Crippen molar-refractivity contribution in [2.45, 2.75) is 38.8 Å². The summed E-state index contributed by atoms with van der Waals surface area (Å²) in [5, 5.41) is 9.20. The molecule has 4 atom stereocenters. The second-order valence-corrected chi connectivity index (χ2v) is 3.16. The Labute approximate surface area is 67.3 Å². The molecular formula is C8H16O3. The molecule has 0 amide bonds. The van der Waals surface area contributed by atoms with Crippen molar-refractivity contribution in [3.05, 3.63) is 0 Å². The van der Waals surface area contributed by atoms with Gasteiger partial charge >= 0.3 is 0 Å². The standard InChI is InChI=1S/C8H16O3/c1-5-6(2)11-8(9)4-7(5)10-3/h5-9H,4H2,1-3H3. The highest BCUT2D eigenvalue weighted by Gasteiger charge is 2.32. The summed E-state index contributed by atoms with van der Waals surface area (Å²) in [6.07, 6.45) is 0.158. The minimum absolute atomic E-state index is 0.0868. The van der Waals surface area contributed by atoms with Crippen molar-refractivity contribution >= 4 is 0 Å². The van der Waals surface area contributed by atoms with Crippen molar-refractivity contribution in [2.75, 3.05) is 7.11 Å². The number of ether oxygens (including phenoxy) is 2. The highest BCUT2D eigenvalue weighted by atomic mass is 16.6. The first kappa shape index (κ1) is 8.97. The Hall–Kier alpha value is -0.120. The van der Waals surface area contributed by atoms with Crippen molar-refractivity contribution in [3.63, 3.8) is 0 Å². The Balaban J connectivity index is 2.51. The summed E-state index contributed by atoms with van der Waals surface area (Å²) in [5.41, 5.74) is 0. The van der Waals surface area contributed by atoms with Crippen LogP contribution < -0.4 is 0 Å². The van der Waals surface area contributed by atoms with Crippen LogP contribution in [0.25, 0.3) is 0 Å². The number of hydrogen-bond acceptors (Lipinski definition) is 3. The lowest BCUT2D eigenvalue weighted by molar-refractivity contribution is -0.210. The highest BCUT2D eigenvalue weighted by molar-refractivity contribution is 4.77. The van der Waals surface area contributed by atoms with E-state index < -0.39 is 6.29 Å². The van der Waals surface area contributed by atoms with E-state index in [0.717, 1.165) is 0 Å². The van der Waals surface area contributed by atoms with E-state index in [9.17, 15) is 5.11 Å². The lowest BCUT2D eigenvalue weighted by Crippen LogP contribution is -2.42. The third-order valence-electron chi connectivity index (χ3n) is 2.44. The smallest absolute Gasteiger partial charge is 0.157 e. The molecule has 1 fully saturated rings. The van der Waals surface area contributed by atoms with Gasteiger partial charge in [-0.25, -0.2) is 0 Å². The molecule has 0 aromatic carbocycles. The predicted molar refractivity (Wildman–Crippen MR) is 41.1 cm³/mol. The van der Waals surface area contributed by atoms with Crippen LogP contribution in [0, 0.1) is 5.92 Å². The molecule has 1 aliphatic heterocycles. The minimum Gasteiger partial charge on any atom is -0.381 e. The number of rotatable bonds is 1. The van der Waals surface area contributed by atoms with Crippen LogP contribution in [-0.4, -0.2) is 30.7 Å². The van der Waals surface area contributed by atoms with Crippen LogP contribution >= 0.6 is 0 Å². The van der Waals surface area contributed by atoms with Gasteiger partial charge in [-0.15, -0.1) is 0 Å². The molecule has 1 rings (SSSR count). The number of aliphatic hydroxyl groups is 1. The van der Waals surface area contributed by atoms with E-state index >= 15 is 0 Å². The van der Waals surface area contributed by atoms with Crippen molar-refractivity contribution in [1.82, 2.24) is 0 Å². The third-order valence-corrected chi connectivity index (χ3v) is 2.44. The highest BCUT2D eigenvalue weighted by Crippen LogP contribution is 2.25. The van der Waals surface area contributed by atoms with Crippen LogP contribution in [0.15, 0.2) is 0 Å². The molecule has 0 aliphatic carbocycles. The zero-order valence-corrected chi connectivity index (χ0v) is 7.28. The molecule has 1 heterocycles. The van der Waals surface area contributed by atoms with Crippen LogP contribution in [0.2, 0.25) is 0 Å². The van der Waals surface area contributed by atoms with Gasteiger partial charge in [-0.2, -0.15) is 0 Å². The fourth-order valence-electron chi connectivity index (χ4n) is 1.45. The molecule has 0 bridgehead atoms. The first-order valence-electron chi connectivity index (χ1n) is 4.01. The van der Waals surface area contributed by atoms with E-state index in [1.54, 1.807) is 7.11 Å². The van der Waals surface area contributed by atoms with Crippen molar-refractivity contribution in [2.24, 2.45) is 5.92 Å². The van der Waals surface area contributed by atoms with E-state index in [4.69, 9.17) is 9.47 Å². The SMILES string of the molecule is COC1CC(O)OC(C)C1C. The molecule has 0 aromatic rings. The van der Waals surface area contributed by atoms with Gasteiger partial charge in [0.25, 0.3) is 0 Å². The lowest BCUT2D eigenvalue weighted by Gasteiger charge is -2.35. The molecular weight excluding hydrogens is 144 g/mol. The molecule has 1 N–H and O–H groups in total. The van der Waals surface area contributed by atoms with Crippen LogP contribution in [0.3, 0.4) is 0 Å². The van der Waals surface area contributed by atoms with Gasteiger partial charge in [0.05, 0.1) is 12.2 Å². The number of methoxy groups -OCH3 is 1. The first-order valence-corrected chi connectivity index (χ1v) is 4.01. The van der Waals surface area contributed by atoms with Crippen LogP contribution in [0.4, 0.5) is 0 Å². The van der Waals surface area contributed by atoms with Gasteiger partial charge in [0, 0.05) is 19.4 Å². The van der Waals surface area contributed by atoms with Gasteiger partial charge in [-0.1, -0.05) is 6.92 Å². The molecule has 4 unspecified atom stereocenters. The van der Waals surface area contributed by atoms with Gasteiger partial charge in [-0.3, -0.25) is 0 Å². The predicted octanol–water partition coefficient (Wildman–Crippen LogP) is 0.765. The monoisotopic (exact) mass is 160 g/mol. The fraction of sp³-hybridized carbons (Fsp3) is 1.00. The van der Waals surface area contributed by atoms with Crippen LogP contribution in [0.5, 0.6) is 0 Å². The zero-order chi connectivity index (χ0) is 8.43. The summed E-state index contributed by atoms with van der Waals surface area (Å²) < 4.78 is 10.4. The third kappa shape index (κ3) is 1.92. The second-order valence-electron chi connectivity index (χ2n) is 3.16. The van der Waals surface area contributed by atoms with Crippen LogP contribution in [-0.2, 0) is 9.47 Å². The van der Waals surface area contributed by atoms with Gasteiger partial charge in [-0.05, 0) is 6.92 Å². The Bertz CT molecular complexity index is 127. The maximum atomic E-state index is 9.20. The molecule has 0 spiro atoms. The molecule has 11 heavy (non-hydrogen) atoms. The number of aliphatic hydroxyl groups excluding tert-OH is 1. The molecule has 0 saturated carbocycles. The van der Waals surface area contributed by atoms with E-state index in [1.807, 2.05) is 6.92 Å². The average Bonchev–Trinajstić information content (AvgIpc) is 1.96. The summed E-state index contributed by atoms with van der Waals surface area (Å²) in [7, 11) is 1.67. The maximum Gasteiger partial charge on any atom is 0.157 e. The minimum atomic E-state index is -0.647. The second kappa shape index (κ2) is 3.52. The fourth-order valence-corrected chi connectivity index (χ4v) is 1.45. The molecule has 1 saturated heterocycles. The zero-order valence-electron chi connectivity index (χ0n) is 7.28. The molecule has 3 nitrogen and oxygen atoms in total. The van der Waals surface area contributed by atoms with Gasteiger partial charge in [0.2, 0.25) is 0 Å². The summed E-state index contributed by atoms with van der Waals surface area (Å²) >= 11 is 0.